The number of nitrogens with zero attached hydrogens (tertiary/aromatic N) is 1. The summed E-state index contributed by atoms with van der Waals surface area (Å²) < 4.78 is 5.52. The van der Waals surface area contributed by atoms with Crippen LogP contribution >= 0.6 is 0 Å². The molecule has 0 bridgehead atoms. The van der Waals surface area contributed by atoms with Crippen LogP contribution in [-0.2, 0) is 13.1 Å². The molecule has 4 N–H and O–H groups in total. The Morgan fingerprint density at radius 3 is 2.62 bits per heavy atom. The lowest BCUT2D eigenvalue weighted by Gasteiger charge is -2.20. The molecule has 5 nitrogen and oxygen atoms in total. The molecule has 0 amide bonds. The summed E-state index contributed by atoms with van der Waals surface area (Å²) in [4.78, 5) is 2.35. The molecule has 1 heterocycles. The highest BCUT2D eigenvalue weighted by atomic mass is 16.5. The number of hydrogen-bond acceptors (Lipinski definition) is 5. The fourth-order valence-electron chi connectivity index (χ4n) is 3.72. The summed E-state index contributed by atoms with van der Waals surface area (Å²) in [5.74, 6) is 0.927. The Balaban J connectivity index is 1.53. The van der Waals surface area contributed by atoms with Crippen molar-refractivity contribution in [3.8, 4) is 16.9 Å². The van der Waals surface area contributed by atoms with Gasteiger partial charge in [0, 0.05) is 31.7 Å². The Hall–Kier alpha value is -3.02. The van der Waals surface area contributed by atoms with Gasteiger partial charge in [-0.25, -0.2) is 0 Å². The van der Waals surface area contributed by atoms with Gasteiger partial charge in [-0.1, -0.05) is 48.5 Å². The number of nitrogens with two attached hydrogens (primary N) is 1. The summed E-state index contributed by atoms with van der Waals surface area (Å²) in [6.07, 6.45) is 0. The van der Waals surface area contributed by atoms with E-state index in [1.807, 2.05) is 12.1 Å². The van der Waals surface area contributed by atoms with Crippen molar-refractivity contribution in [1.29, 1.82) is 0 Å². The van der Waals surface area contributed by atoms with E-state index in [0.717, 1.165) is 32.1 Å². The van der Waals surface area contributed by atoms with Crippen LogP contribution in [0.1, 0.15) is 11.1 Å². The summed E-state index contributed by atoms with van der Waals surface area (Å²) >= 11 is 0. The van der Waals surface area contributed by atoms with E-state index in [1.54, 1.807) is 7.11 Å². The lowest BCUT2D eigenvalue weighted by Crippen LogP contribution is -2.22. The highest BCUT2D eigenvalue weighted by Crippen LogP contribution is 2.37. The average Bonchev–Trinajstić information content (AvgIpc) is 3.17. The fourth-order valence-corrected chi connectivity index (χ4v) is 3.72. The first-order valence-electron chi connectivity index (χ1n) is 10.0. The minimum Gasteiger partial charge on any atom is -0.496 e. The maximum Gasteiger partial charge on any atom is 0.123 e. The summed E-state index contributed by atoms with van der Waals surface area (Å²) in [5.41, 5.74) is 12.8. The molecule has 5 heteroatoms. The number of rotatable bonds is 8. The molecule has 3 aromatic carbocycles. The first-order chi connectivity index (χ1) is 14.3. The number of fused-ring (bicyclic) bond motifs is 1. The summed E-state index contributed by atoms with van der Waals surface area (Å²) in [6, 6.07) is 23.6. The highest BCUT2D eigenvalue weighted by Gasteiger charge is 2.20. The van der Waals surface area contributed by atoms with Gasteiger partial charge in [-0.15, -0.1) is 0 Å². The quantitative estimate of drug-likeness (QED) is 0.513. The smallest absolute Gasteiger partial charge is 0.123 e. The molecule has 4 rings (SSSR count). The average molecular weight is 389 g/mol. The normalized spacial score (nSPS) is 12.6. The zero-order valence-electron chi connectivity index (χ0n) is 16.8. The summed E-state index contributed by atoms with van der Waals surface area (Å²) in [6.45, 7) is 3.94. The third-order valence-electron chi connectivity index (χ3n) is 5.29. The van der Waals surface area contributed by atoms with Crippen molar-refractivity contribution in [3.05, 3.63) is 77.9 Å². The summed E-state index contributed by atoms with van der Waals surface area (Å²) in [5, 5.41) is 6.82. The molecule has 29 heavy (non-hydrogen) atoms. The molecule has 0 unspecified atom stereocenters. The maximum absolute atomic E-state index is 5.53. The Kier molecular flexibility index (Phi) is 5.98. The zero-order chi connectivity index (χ0) is 20.1. The van der Waals surface area contributed by atoms with E-state index in [-0.39, 0.29) is 0 Å². The third kappa shape index (κ3) is 4.36. The lowest BCUT2D eigenvalue weighted by molar-refractivity contribution is 0.409. The molecule has 150 valence electrons. The number of methoxy groups -OCH3 is 1. The van der Waals surface area contributed by atoms with Crippen molar-refractivity contribution in [3.63, 3.8) is 0 Å². The van der Waals surface area contributed by atoms with Crippen LogP contribution in [0.25, 0.3) is 11.1 Å². The van der Waals surface area contributed by atoms with Crippen molar-refractivity contribution in [1.82, 2.24) is 5.32 Å². The molecule has 0 atom stereocenters. The van der Waals surface area contributed by atoms with Crippen LogP contribution < -0.4 is 26.0 Å². The van der Waals surface area contributed by atoms with E-state index in [9.17, 15) is 0 Å². The number of benzene rings is 3. The first kappa shape index (κ1) is 19.3. The fraction of sp³-hybridized carbons (Fsp3) is 0.250. The van der Waals surface area contributed by atoms with Gasteiger partial charge in [0.2, 0.25) is 0 Å². The van der Waals surface area contributed by atoms with Crippen molar-refractivity contribution >= 4 is 11.4 Å². The second kappa shape index (κ2) is 8.99. The SMILES string of the molecule is COc1ccccc1CN1CNc2ccc(-c3ccc(CNCCN)cc3)cc21. The molecule has 0 radical (unpaired) electrons. The largest absolute Gasteiger partial charge is 0.496 e. The van der Waals surface area contributed by atoms with Gasteiger partial charge in [-0.05, 0) is 34.9 Å². The Labute approximate surface area is 172 Å². The number of anilines is 2. The van der Waals surface area contributed by atoms with Crippen molar-refractivity contribution in [2.24, 2.45) is 5.73 Å². The van der Waals surface area contributed by atoms with Crippen molar-refractivity contribution < 1.29 is 4.74 Å². The summed E-state index contributed by atoms with van der Waals surface area (Å²) in [7, 11) is 1.72. The molecule has 3 aromatic rings. The minimum atomic E-state index is 0.659. The molecular formula is C24H28N4O. The lowest BCUT2D eigenvalue weighted by atomic mass is 10.0. The van der Waals surface area contributed by atoms with E-state index in [2.05, 4.69) is 70.1 Å². The van der Waals surface area contributed by atoms with Gasteiger partial charge in [0.15, 0.2) is 0 Å². The second-order valence-corrected chi connectivity index (χ2v) is 7.24. The van der Waals surface area contributed by atoms with Crippen LogP contribution in [0.4, 0.5) is 11.4 Å². The van der Waals surface area contributed by atoms with Gasteiger partial charge in [0.05, 0.1) is 25.2 Å². The van der Waals surface area contributed by atoms with Crippen LogP contribution in [0.2, 0.25) is 0 Å². The topological polar surface area (TPSA) is 62.5 Å². The predicted molar refractivity (Wildman–Crippen MR) is 120 cm³/mol. The zero-order valence-corrected chi connectivity index (χ0v) is 16.8. The number of ether oxygens (including phenoxy) is 1. The standard InChI is InChI=1S/C24H28N4O/c1-29-24-5-3-2-4-21(24)16-28-17-27-22-11-10-20(14-23(22)28)19-8-6-18(7-9-19)15-26-13-12-25/h2-11,14,26-27H,12-13,15-17,25H2,1H3. The predicted octanol–water partition coefficient (Wildman–Crippen LogP) is 3.80. The second-order valence-electron chi connectivity index (χ2n) is 7.24. The van der Waals surface area contributed by atoms with E-state index in [1.165, 1.54) is 33.6 Å². The van der Waals surface area contributed by atoms with Crippen molar-refractivity contribution in [2.45, 2.75) is 13.1 Å². The molecular weight excluding hydrogens is 360 g/mol. The molecule has 0 aromatic heterocycles. The van der Waals surface area contributed by atoms with E-state index >= 15 is 0 Å². The molecule has 0 saturated carbocycles. The Morgan fingerprint density at radius 1 is 1.03 bits per heavy atom. The Bertz CT molecular complexity index is 955. The highest BCUT2D eigenvalue weighted by molar-refractivity contribution is 5.81. The molecule has 0 saturated heterocycles. The third-order valence-corrected chi connectivity index (χ3v) is 5.29. The van der Waals surface area contributed by atoms with Crippen molar-refractivity contribution in [2.75, 3.05) is 37.1 Å². The van der Waals surface area contributed by atoms with Gasteiger partial charge >= 0.3 is 0 Å². The molecule has 0 fully saturated rings. The van der Waals surface area contributed by atoms with Gasteiger partial charge < -0.3 is 26.0 Å². The minimum absolute atomic E-state index is 0.659. The molecule has 0 spiro atoms. The van der Waals surface area contributed by atoms with E-state index in [4.69, 9.17) is 10.5 Å². The van der Waals surface area contributed by atoms with Crippen LogP contribution in [-0.4, -0.2) is 26.9 Å². The number of nitrogens with one attached hydrogen (secondary N) is 2. The first-order valence-corrected chi connectivity index (χ1v) is 10.0. The van der Waals surface area contributed by atoms with Crippen LogP contribution in [0.3, 0.4) is 0 Å². The van der Waals surface area contributed by atoms with Gasteiger partial charge in [-0.3, -0.25) is 0 Å². The van der Waals surface area contributed by atoms with Crippen LogP contribution in [0.15, 0.2) is 66.7 Å². The monoisotopic (exact) mass is 388 g/mol. The van der Waals surface area contributed by atoms with Gasteiger partial charge in [0.25, 0.3) is 0 Å². The van der Waals surface area contributed by atoms with Crippen LogP contribution in [0, 0.1) is 0 Å². The van der Waals surface area contributed by atoms with E-state index < -0.39 is 0 Å². The number of para-hydroxylation sites is 1. The Morgan fingerprint density at radius 2 is 1.83 bits per heavy atom. The molecule has 0 aliphatic carbocycles. The van der Waals surface area contributed by atoms with Gasteiger partial charge in [-0.2, -0.15) is 0 Å². The number of hydrogen-bond donors (Lipinski definition) is 3. The van der Waals surface area contributed by atoms with Crippen LogP contribution in [0.5, 0.6) is 5.75 Å². The molecule has 1 aliphatic rings. The van der Waals surface area contributed by atoms with E-state index in [0.29, 0.717) is 6.54 Å². The maximum atomic E-state index is 5.53. The molecule has 1 aliphatic heterocycles. The van der Waals surface area contributed by atoms with Gasteiger partial charge in [0.1, 0.15) is 5.75 Å².